The monoisotopic (exact) mass is 336 g/mol. The van der Waals surface area contributed by atoms with Gasteiger partial charge in [0.05, 0.1) is 18.3 Å². The van der Waals surface area contributed by atoms with E-state index in [0.29, 0.717) is 35.3 Å². The van der Waals surface area contributed by atoms with Gasteiger partial charge in [-0.15, -0.1) is 0 Å². The number of benzene rings is 2. The summed E-state index contributed by atoms with van der Waals surface area (Å²) in [5, 5.41) is 13.7. The van der Waals surface area contributed by atoms with E-state index in [1.54, 1.807) is 34.9 Å². The Balaban J connectivity index is 1.85. The van der Waals surface area contributed by atoms with E-state index in [1.807, 2.05) is 12.1 Å². The number of aryl methyl sites for hydroxylation is 2. The smallest absolute Gasteiger partial charge is 0.267 e. The van der Waals surface area contributed by atoms with Crippen LogP contribution in [0.15, 0.2) is 47.3 Å². The van der Waals surface area contributed by atoms with Crippen LogP contribution in [0.4, 0.5) is 5.69 Å². The lowest BCUT2D eigenvalue weighted by molar-refractivity contribution is 0.102. The van der Waals surface area contributed by atoms with Crippen LogP contribution < -0.4 is 15.6 Å². The number of methoxy groups -OCH3 is 1. The molecule has 0 aliphatic carbocycles. The number of ether oxygens (including phenoxy) is 1. The molecule has 0 saturated heterocycles. The molecule has 1 amide bonds. The van der Waals surface area contributed by atoms with E-state index in [1.165, 1.54) is 7.11 Å². The summed E-state index contributed by atoms with van der Waals surface area (Å²) in [7, 11) is 1.50. The first-order valence-electron chi connectivity index (χ1n) is 7.93. The minimum Gasteiger partial charge on any atom is -0.506 e. The molecule has 0 unspecified atom stereocenters. The molecule has 4 rings (SSSR count). The zero-order valence-corrected chi connectivity index (χ0v) is 13.6. The maximum Gasteiger partial charge on any atom is 0.267 e. The Hall–Kier alpha value is -3.28. The van der Waals surface area contributed by atoms with Crippen LogP contribution in [0, 0.1) is 0 Å². The highest BCUT2D eigenvalue weighted by molar-refractivity contribution is 6.10. The van der Waals surface area contributed by atoms with Crippen molar-refractivity contribution in [2.45, 2.75) is 13.0 Å². The number of pyridine rings is 1. The zero-order chi connectivity index (χ0) is 17.6. The molecule has 25 heavy (non-hydrogen) atoms. The fraction of sp³-hybridized carbons (Fsp3) is 0.158. The molecule has 2 N–H and O–H groups in total. The Labute approximate surface area is 143 Å². The number of carbonyl (C=O) groups excluding carboxylic acids is 1. The van der Waals surface area contributed by atoms with Crippen molar-refractivity contribution < 1.29 is 14.6 Å². The van der Waals surface area contributed by atoms with Gasteiger partial charge >= 0.3 is 0 Å². The summed E-state index contributed by atoms with van der Waals surface area (Å²) in [6.07, 6.45) is 0.712. The molecule has 1 aliphatic rings. The Morgan fingerprint density at radius 3 is 2.80 bits per heavy atom. The number of carbonyl (C=O) groups is 1. The molecule has 126 valence electrons. The van der Waals surface area contributed by atoms with Crippen LogP contribution in [0.25, 0.3) is 10.9 Å². The number of rotatable bonds is 3. The van der Waals surface area contributed by atoms with Gasteiger partial charge < -0.3 is 19.7 Å². The first kappa shape index (κ1) is 15.3. The largest absolute Gasteiger partial charge is 0.506 e. The van der Waals surface area contributed by atoms with E-state index in [4.69, 9.17) is 4.74 Å². The van der Waals surface area contributed by atoms with Gasteiger partial charge in [-0.25, -0.2) is 0 Å². The molecule has 6 heteroatoms. The third-order valence-corrected chi connectivity index (χ3v) is 4.53. The molecule has 1 aromatic heterocycles. The zero-order valence-electron chi connectivity index (χ0n) is 13.6. The molecule has 1 aliphatic heterocycles. The van der Waals surface area contributed by atoms with Gasteiger partial charge in [0.2, 0.25) is 0 Å². The number of aromatic hydroxyl groups is 1. The molecule has 6 nitrogen and oxygen atoms in total. The van der Waals surface area contributed by atoms with Crippen molar-refractivity contribution in [3.8, 4) is 11.5 Å². The summed E-state index contributed by atoms with van der Waals surface area (Å²) < 4.78 is 6.76. The molecular formula is C19H16N2O4. The van der Waals surface area contributed by atoms with Gasteiger partial charge in [-0.05, 0) is 30.2 Å². The molecule has 0 saturated carbocycles. The molecular weight excluding hydrogens is 320 g/mol. The van der Waals surface area contributed by atoms with Crippen molar-refractivity contribution in [2.24, 2.45) is 0 Å². The quantitative estimate of drug-likeness (QED) is 0.770. The molecule has 3 aromatic rings. The number of para-hydroxylation sites is 3. The molecule has 0 spiro atoms. The summed E-state index contributed by atoms with van der Waals surface area (Å²) in [6, 6.07) is 12.4. The van der Waals surface area contributed by atoms with E-state index in [-0.39, 0.29) is 11.3 Å². The number of amides is 1. The third kappa shape index (κ3) is 2.26. The van der Waals surface area contributed by atoms with Crippen LogP contribution in [0.2, 0.25) is 0 Å². The molecule has 2 heterocycles. The maximum atomic E-state index is 12.8. The SMILES string of the molecule is COc1ccccc1NC(=O)c1c(O)c2cccc3c2n(c1=O)CC3. The minimum absolute atomic E-state index is 0.252. The Morgan fingerprint density at radius 2 is 2.00 bits per heavy atom. The highest BCUT2D eigenvalue weighted by atomic mass is 16.5. The maximum absolute atomic E-state index is 12.8. The number of aromatic nitrogens is 1. The Bertz CT molecular complexity index is 1070. The fourth-order valence-corrected chi connectivity index (χ4v) is 3.36. The predicted octanol–water partition coefficient (Wildman–Crippen LogP) is 2.52. The minimum atomic E-state index is -0.657. The summed E-state index contributed by atoms with van der Waals surface area (Å²) in [5.41, 5.74) is 1.41. The van der Waals surface area contributed by atoms with Crippen molar-refractivity contribution in [3.05, 3.63) is 63.9 Å². The van der Waals surface area contributed by atoms with Gasteiger partial charge in [-0.3, -0.25) is 9.59 Å². The standard InChI is InChI=1S/C19H16N2O4/c1-25-14-8-3-2-7-13(14)20-18(23)15-17(22)12-6-4-5-11-9-10-21(16(11)12)19(15)24/h2-8,22H,9-10H2,1H3,(H,20,23). The van der Waals surface area contributed by atoms with E-state index < -0.39 is 11.5 Å². The van der Waals surface area contributed by atoms with Gasteiger partial charge in [0, 0.05) is 11.9 Å². The van der Waals surface area contributed by atoms with Gasteiger partial charge in [-0.1, -0.05) is 24.3 Å². The van der Waals surface area contributed by atoms with Crippen molar-refractivity contribution in [2.75, 3.05) is 12.4 Å². The molecule has 0 atom stereocenters. The summed E-state index contributed by atoms with van der Waals surface area (Å²) in [4.78, 5) is 25.5. The van der Waals surface area contributed by atoms with Crippen LogP contribution in [0.1, 0.15) is 15.9 Å². The van der Waals surface area contributed by atoms with E-state index in [9.17, 15) is 14.7 Å². The lowest BCUT2D eigenvalue weighted by atomic mass is 10.1. The van der Waals surface area contributed by atoms with Gasteiger partial charge in [0.15, 0.2) is 0 Å². The topological polar surface area (TPSA) is 80.6 Å². The first-order valence-corrected chi connectivity index (χ1v) is 7.93. The van der Waals surface area contributed by atoms with E-state index in [2.05, 4.69) is 5.32 Å². The Kier molecular flexibility index (Phi) is 3.46. The van der Waals surface area contributed by atoms with Crippen LogP contribution in [-0.2, 0) is 13.0 Å². The van der Waals surface area contributed by atoms with Gasteiger partial charge in [0.1, 0.15) is 17.1 Å². The first-order chi connectivity index (χ1) is 12.1. The number of nitrogens with one attached hydrogen (secondary N) is 1. The van der Waals surface area contributed by atoms with Crippen LogP contribution >= 0.6 is 0 Å². The third-order valence-electron chi connectivity index (χ3n) is 4.53. The number of hydrogen-bond donors (Lipinski definition) is 2. The average Bonchev–Trinajstić information content (AvgIpc) is 3.05. The number of anilines is 1. The summed E-state index contributed by atoms with van der Waals surface area (Å²) in [6.45, 7) is 0.504. The highest BCUT2D eigenvalue weighted by Crippen LogP contribution is 2.32. The molecule has 2 aromatic carbocycles. The summed E-state index contributed by atoms with van der Waals surface area (Å²) in [5.74, 6) is -0.467. The normalized spacial score (nSPS) is 12.4. The fourth-order valence-electron chi connectivity index (χ4n) is 3.36. The lowest BCUT2D eigenvalue weighted by Crippen LogP contribution is -2.28. The van der Waals surface area contributed by atoms with Crippen LogP contribution in [-0.4, -0.2) is 22.7 Å². The Morgan fingerprint density at radius 1 is 1.20 bits per heavy atom. The lowest BCUT2D eigenvalue weighted by Gasteiger charge is -2.13. The second kappa shape index (κ2) is 5.66. The molecule has 0 bridgehead atoms. The van der Waals surface area contributed by atoms with Crippen LogP contribution in [0.5, 0.6) is 11.5 Å². The second-order valence-electron chi connectivity index (χ2n) is 5.90. The van der Waals surface area contributed by atoms with E-state index in [0.717, 1.165) is 5.56 Å². The van der Waals surface area contributed by atoms with Crippen molar-refractivity contribution >= 4 is 22.5 Å². The number of hydrogen-bond acceptors (Lipinski definition) is 4. The van der Waals surface area contributed by atoms with Crippen molar-refractivity contribution in [3.63, 3.8) is 0 Å². The average molecular weight is 336 g/mol. The van der Waals surface area contributed by atoms with Crippen LogP contribution in [0.3, 0.4) is 0 Å². The van der Waals surface area contributed by atoms with Gasteiger partial charge in [-0.2, -0.15) is 0 Å². The molecule has 0 radical (unpaired) electrons. The summed E-state index contributed by atoms with van der Waals surface area (Å²) >= 11 is 0. The van der Waals surface area contributed by atoms with E-state index >= 15 is 0 Å². The molecule has 0 fully saturated rings. The van der Waals surface area contributed by atoms with Crippen molar-refractivity contribution in [1.82, 2.24) is 4.57 Å². The van der Waals surface area contributed by atoms with Crippen molar-refractivity contribution in [1.29, 1.82) is 0 Å². The highest BCUT2D eigenvalue weighted by Gasteiger charge is 2.26. The predicted molar refractivity (Wildman–Crippen MR) is 94.5 cm³/mol. The second-order valence-corrected chi connectivity index (χ2v) is 5.90. The van der Waals surface area contributed by atoms with Gasteiger partial charge in [0.25, 0.3) is 11.5 Å². The number of nitrogens with zero attached hydrogens (tertiary/aromatic N) is 1.